The lowest BCUT2D eigenvalue weighted by Gasteiger charge is -2.23. The Bertz CT molecular complexity index is 470. The van der Waals surface area contributed by atoms with Gasteiger partial charge < -0.3 is 15.4 Å². The SMILES string of the molecule is CNC(=O)[C@@H]1CNCCO[C@H]1c1ccc(Cl)c(F)c1. The van der Waals surface area contributed by atoms with Crippen molar-refractivity contribution in [3.63, 3.8) is 0 Å². The average molecular weight is 287 g/mol. The predicted octanol–water partition coefficient (Wildman–Crippen LogP) is 1.50. The minimum atomic E-state index is -0.504. The van der Waals surface area contributed by atoms with Crippen LogP contribution < -0.4 is 10.6 Å². The van der Waals surface area contributed by atoms with Gasteiger partial charge in [-0.05, 0) is 17.7 Å². The normalized spacial score (nSPS) is 23.7. The van der Waals surface area contributed by atoms with Gasteiger partial charge in [0.2, 0.25) is 5.91 Å². The number of benzene rings is 1. The molecule has 1 heterocycles. The number of halogens is 2. The number of carbonyl (C=O) groups is 1. The first-order chi connectivity index (χ1) is 9.13. The zero-order chi connectivity index (χ0) is 13.8. The Morgan fingerprint density at radius 3 is 3.05 bits per heavy atom. The molecule has 2 rings (SSSR count). The highest BCUT2D eigenvalue weighted by molar-refractivity contribution is 6.30. The fraction of sp³-hybridized carbons (Fsp3) is 0.462. The van der Waals surface area contributed by atoms with Crippen molar-refractivity contribution in [2.45, 2.75) is 6.10 Å². The minimum absolute atomic E-state index is 0.0620. The second-order valence-electron chi connectivity index (χ2n) is 4.39. The molecule has 0 unspecified atom stereocenters. The van der Waals surface area contributed by atoms with Crippen LogP contribution in [-0.4, -0.2) is 32.7 Å². The van der Waals surface area contributed by atoms with Crippen molar-refractivity contribution >= 4 is 17.5 Å². The topological polar surface area (TPSA) is 50.4 Å². The molecule has 0 bridgehead atoms. The standard InChI is InChI=1S/C13H16ClFN2O2/c1-16-13(18)9-7-17-4-5-19-12(9)8-2-3-10(14)11(15)6-8/h2-3,6,9,12,17H,4-5,7H2,1H3,(H,16,18)/t9-,12+/m1/s1. The summed E-state index contributed by atoms with van der Waals surface area (Å²) < 4.78 is 19.2. The third-order valence-electron chi connectivity index (χ3n) is 3.16. The molecule has 2 N–H and O–H groups in total. The Kier molecular flexibility index (Phi) is 4.74. The average Bonchev–Trinajstić information content (AvgIpc) is 2.66. The summed E-state index contributed by atoms with van der Waals surface area (Å²) in [5.41, 5.74) is 0.624. The molecule has 0 saturated carbocycles. The van der Waals surface area contributed by atoms with Gasteiger partial charge in [-0.3, -0.25) is 4.79 Å². The molecule has 0 aromatic heterocycles. The highest BCUT2D eigenvalue weighted by atomic mass is 35.5. The molecule has 1 aliphatic rings. The lowest BCUT2D eigenvalue weighted by molar-refractivity contribution is -0.129. The van der Waals surface area contributed by atoms with Gasteiger partial charge in [-0.25, -0.2) is 4.39 Å². The third-order valence-corrected chi connectivity index (χ3v) is 3.47. The van der Waals surface area contributed by atoms with Crippen molar-refractivity contribution < 1.29 is 13.9 Å². The Morgan fingerprint density at radius 2 is 2.37 bits per heavy atom. The summed E-state index contributed by atoms with van der Waals surface area (Å²) in [6.07, 6.45) is -0.471. The van der Waals surface area contributed by atoms with Crippen LogP contribution in [0.4, 0.5) is 4.39 Å². The summed E-state index contributed by atoms with van der Waals surface area (Å²) in [4.78, 5) is 11.9. The van der Waals surface area contributed by atoms with E-state index in [9.17, 15) is 9.18 Å². The maximum atomic E-state index is 13.5. The van der Waals surface area contributed by atoms with Crippen LogP contribution in [0.5, 0.6) is 0 Å². The molecule has 1 aromatic rings. The van der Waals surface area contributed by atoms with E-state index >= 15 is 0 Å². The van der Waals surface area contributed by atoms with Crippen LogP contribution in [0.2, 0.25) is 5.02 Å². The van der Waals surface area contributed by atoms with Crippen LogP contribution in [0.1, 0.15) is 11.7 Å². The van der Waals surface area contributed by atoms with E-state index in [1.165, 1.54) is 12.1 Å². The van der Waals surface area contributed by atoms with E-state index in [1.54, 1.807) is 13.1 Å². The molecule has 4 nitrogen and oxygen atoms in total. The minimum Gasteiger partial charge on any atom is -0.371 e. The molecule has 0 radical (unpaired) electrons. The highest BCUT2D eigenvalue weighted by Crippen LogP contribution is 2.29. The maximum absolute atomic E-state index is 13.5. The summed E-state index contributed by atoms with van der Waals surface area (Å²) in [6, 6.07) is 4.50. The number of carbonyl (C=O) groups excluding carboxylic acids is 1. The van der Waals surface area contributed by atoms with Crippen LogP contribution in [0.25, 0.3) is 0 Å². The van der Waals surface area contributed by atoms with E-state index in [2.05, 4.69) is 10.6 Å². The number of rotatable bonds is 2. The summed E-state index contributed by atoms with van der Waals surface area (Å²) in [5.74, 6) is -1.03. The van der Waals surface area contributed by atoms with Crippen LogP contribution in [0.15, 0.2) is 18.2 Å². The van der Waals surface area contributed by atoms with Crippen LogP contribution in [0.3, 0.4) is 0 Å². The lowest BCUT2D eigenvalue weighted by atomic mass is 9.94. The Balaban J connectivity index is 2.30. The summed E-state index contributed by atoms with van der Waals surface area (Å²) >= 11 is 5.67. The molecule has 1 fully saturated rings. The smallest absolute Gasteiger partial charge is 0.227 e. The van der Waals surface area contributed by atoms with Gasteiger partial charge in [0.15, 0.2) is 0 Å². The zero-order valence-corrected chi connectivity index (χ0v) is 11.3. The maximum Gasteiger partial charge on any atom is 0.227 e. The molecular formula is C13H16ClFN2O2. The molecule has 1 saturated heterocycles. The molecule has 19 heavy (non-hydrogen) atoms. The lowest BCUT2D eigenvalue weighted by Crippen LogP contribution is -2.37. The van der Waals surface area contributed by atoms with Gasteiger partial charge in [-0.15, -0.1) is 0 Å². The second kappa shape index (κ2) is 6.32. The van der Waals surface area contributed by atoms with Crippen LogP contribution in [-0.2, 0) is 9.53 Å². The number of hydrogen-bond acceptors (Lipinski definition) is 3. The van der Waals surface area contributed by atoms with Gasteiger partial charge in [0.05, 0.1) is 23.7 Å². The first-order valence-corrected chi connectivity index (χ1v) is 6.50. The van der Waals surface area contributed by atoms with Crippen molar-refractivity contribution in [3.8, 4) is 0 Å². The second-order valence-corrected chi connectivity index (χ2v) is 4.80. The van der Waals surface area contributed by atoms with Crippen LogP contribution in [0, 0.1) is 11.7 Å². The van der Waals surface area contributed by atoms with Gasteiger partial charge in [-0.2, -0.15) is 0 Å². The van der Waals surface area contributed by atoms with E-state index in [4.69, 9.17) is 16.3 Å². The monoisotopic (exact) mass is 286 g/mol. The Labute approximate surface area is 116 Å². The molecule has 0 aliphatic carbocycles. The van der Waals surface area contributed by atoms with E-state index in [0.717, 1.165) is 0 Å². The molecule has 1 aromatic carbocycles. The van der Waals surface area contributed by atoms with E-state index in [1.807, 2.05) is 0 Å². The first-order valence-electron chi connectivity index (χ1n) is 6.12. The quantitative estimate of drug-likeness (QED) is 0.866. The van der Waals surface area contributed by atoms with E-state index in [0.29, 0.717) is 25.3 Å². The van der Waals surface area contributed by atoms with E-state index in [-0.39, 0.29) is 10.9 Å². The van der Waals surface area contributed by atoms with Crippen molar-refractivity contribution in [2.75, 3.05) is 26.7 Å². The zero-order valence-electron chi connectivity index (χ0n) is 10.6. The summed E-state index contributed by atoms with van der Waals surface area (Å²) in [6.45, 7) is 1.64. The van der Waals surface area contributed by atoms with Gasteiger partial charge in [0, 0.05) is 20.1 Å². The summed E-state index contributed by atoms with van der Waals surface area (Å²) in [5, 5.41) is 5.80. The van der Waals surface area contributed by atoms with Crippen molar-refractivity contribution in [1.29, 1.82) is 0 Å². The molecular weight excluding hydrogens is 271 g/mol. The van der Waals surface area contributed by atoms with E-state index < -0.39 is 17.8 Å². The third kappa shape index (κ3) is 3.23. The predicted molar refractivity (Wildman–Crippen MR) is 70.5 cm³/mol. The number of hydrogen-bond donors (Lipinski definition) is 2. The van der Waals surface area contributed by atoms with Crippen molar-refractivity contribution in [3.05, 3.63) is 34.6 Å². The van der Waals surface area contributed by atoms with Gasteiger partial charge in [-0.1, -0.05) is 17.7 Å². The number of amides is 1. The molecule has 1 aliphatic heterocycles. The largest absolute Gasteiger partial charge is 0.371 e. The first kappa shape index (κ1) is 14.2. The van der Waals surface area contributed by atoms with Gasteiger partial charge in [0.25, 0.3) is 0 Å². The Morgan fingerprint density at radius 1 is 1.58 bits per heavy atom. The summed E-state index contributed by atoms with van der Waals surface area (Å²) in [7, 11) is 1.58. The fourth-order valence-electron chi connectivity index (χ4n) is 2.17. The number of ether oxygens (including phenoxy) is 1. The molecule has 2 atom stereocenters. The molecule has 0 spiro atoms. The Hall–Kier alpha value is -1.17. The molecule has 6 heteroatoms. The van der Waals surface area contributed by atoms with Gasteiger partial charge in [0.1, 0.15) is 5.82 Å². The van der Waals surface area contributed by atoms with Crippen LogP contribution >= 0.6 is 11.6 Å². The highest BCUT2D eigenvalue weighted by Gasteiger charge is 2.31. The molecule has 104 valence electrons. The van der Waals surface area contributed by atoms with Crippen molar-refractivity contribution in [2.24, 2.45) is 5.92 Å². The van der Waals surface area contributed by atoms with Crippen molar-refractivity contribution in [1.82, 2.24) is 10.6 Å². The molecule has 1 amide bonds. The van der Waals surface area contributed by atoms with Gasteiger partial charge >= 0.3 is 0 Å². The number of nitrogens with one attached hydrogen (secondary N) is 2. The fourth-order valence-corrected chi connectivity index (χ4v) is 2.29.